The number of nitrogens with one attached hydrogen (secondary N) is 1. The van der Waals surface area contributed by atoms with Crippen LogP contribution in [-0.2, 0) is 22.6 Å². The zero-order valence-corrected chi connectivity index (χ0v) is 18.7. The van der Waals surface area contributed by atoms with E-state index in [-0.39, 0.29) is 17.9 Å². The lowest BCUT2D eigenvalue weighted by molar-refractivity contribution is -0.122. The van der Waals surface area contributed by atoms with Crippen LogP contribution in [0.25, 0.3) is 0 Å². The van der Waals surface area contributed by atoms with Gasteiger partial charge in [0, 0.05) is 44.9 Å². The van der Waals surface area contributed by atoms with Crippen molar-refractivity contribution < 1.29 is 14.3 Å². The monoisotopic (exact) mass is 435 g/mol. The molecule has 2 fully saturated rings. The molecule has 0 aromatic heterocycles. The normalized spacial score (nSPS) is 18.3. The molecule has 0 saturated carbocycles. The quantitative estimate of drug-likeness (QED) is 0.657. The van der Waals surface area contributed by atoms with Gasteiger partial charge in [0.2, 0.25) is 5.91 Å². The minimum Gasteiger partial charge on any atom is -0.377 e. The number of nitrogens with zero attached hydrogens (tertiary/aromatic N) is 2. The Bertz CT molecular complexity index is 873. The van der Waals surface area contributed by atoms with Crippen LogP contribution in [-0.4, -0.2) is 60.5 Å². The molecule has 0 aliphatic carbocycles. The van der Waals surface area contributed by atoms with E-state index in [0.29, 0.717) is 18.7 Å². The van der Waals surface area contributed by atoms with Gasteiger partial charge in [-0.3, -0.25) is 14.5 Å². The minimum absolute atomic E-state index is 0.00357. The predicted molar refractivity (Wildman–Crippen MR) is 124 cm³/mol. The Morgan fingerprint density at radius 1 is 0.969 bits per heavy atom. The summed E-state index contributed by atoms with van der Waals surface area (Å²) >= 11 is 0. The lowest BCUT2D eigenvalue weighted by atomic mass is 10.1. The van der Waals surface area contributed by atoms with Crippen LogP contribution in [0.4, 0.5) is 0 Å². The number of amides is 2. The average Bonchev–Trinajstić information content (AvgIpc) is 3.53. The first-order chi connectivity index (χ1) is 15.7. The van der Waals surface area contributed by atoms with E-state index in [0.717, 1.165) is 64.0 Å². The molecule has 0 bridgehead atoms. The van der Waals surface area contributed by atoms with Gasteiger partial charge in [0.1, 0.15) is 0 Å². The van der Waals surface area contributed by atoms with E-state index in [4.69, 9.17) is 4.74 Å². The molecule has 32 heavy (non-hydrogen) atoms. The van der Waals surface area contributed by atoms with Gasteiger partial charge in [-0.2, -0.15) is 0 Å². The highest BCUT2D eigenvalue weighted by Gasteiger charge is 2.21. The maximum Gasteiger partial charge on any atom is 0.253 e. The van der Waals surface area contributed by atoms with Gasteiger partial charge in [-0.1, -0.05) is 42.5 Å². The molecular formula is C26H33N3O3. The van der Waals surface area contributed by atoms with Gasteiger partial charge < -0.3 is 15.0 Å². The Hall–Kier alpha value is -2.70. The lowest BCUT2D eigenvalue weighted by Gasteiger charge is -2.24. The first-order valence-corrected chi connectivity index (χ1v) is 11.7. The molecule has 2 amide bonds. The number of benzene rings is 2. The van der Waals surface area contributed by atoms with Crippen LogP contribution in [0.15, 0.2) is 54.6 Å². The van der Waals surface area contributed by atoms with E-state index in [1.807, 2.05) is 47.4 Å². The molecule has 0 spiro atoms. The molecule has 2 aromatic carbocycles. The summed E-state index contributed by atoms with van der Waals surface area (Å²) in [5, 5.41) is 3.03. The van der Waals surface area contributed by atoms with Crippen LogP contribution in [0.5, 0.6) is 0 Å². The average molecular weight is 436 g/mol. The molecule has 2 aliphatic heterocycles. The van der Waals surface area contributed by atoms with Gasteiger partial charge >= 0.3 is 0 Å². The molecule has 6 nitrogen and oxygen atoms in total. The molecule has 0 radical (unpaired) electrons. The standard InChI is InChI=1S/C26H33N3O3/c30-25(20-28(19-24-9-6-16-32-24)18-22-7-2-1-3-8-22)27-17-21-10-12-23(13-11-21)26(31)29-14-4-5-15-29/h1-3,7-8,10-13,24H,4-6,9,14-20H2,(H,27,30). The smallest absolute Gasteiger partial charge is 0.253 e. The van der Waals surface area contributed by atoms with E-state index in [9.17, 15) is 9.59 Å². The van der Waals surface area contributed by atoms with Crippen molar-refractivity contribution in [2.75, 3.05) is 32.8 Å². The van der Waals surface area contributed by atoms with Crippen LogP contribution in [0.2, 0.25) is 0 Å². The number of hydrogen-bond donors (Lipinski definition) is 1. The number of carbonyl (C=O) groups is 2. The number of hydrogen-bond acceptors (Lipinski definition) is 4. The summed E-state index contributed by atoms with van der Waals surface area (Å²) in [6.45, 7) is 4.78. The van der Waals surface area contributed by atoms with E-state index in [1.165, 1.54) is 5.56 Å². The predicted octanol–water partition coefficient (Wildman–Crippen LogP) is 3.22. The first kappa shape index (κ1) is 22.5. The molecule has 2 aromatic rings. The summed E-state index contributed by atoms with van der Waals surface area (Å²) in [5.74, 6) is 0.0971. The molecule has 2 saturated heterocycles. The summed E-state index contributed by atoms with van der Waals surface area (Å²) in [6, 6.07) is 17.8. The maximum absolute atomic E-state index is 12.7. The number of rotatable bonds is 9. The zero-order chi connectivity index (χ0) is 22.2. The van der Waals surface area contributed by atoms with Gasteiger partial charge in [-0.15, -0.1) is 0 Å². The fourth-order valence-corrected chi connectivity index (χ4v) is 4.43. The lowest BCUT2D eigenvalue weighted by Crippen LogP contribution is -2.40. The fourth-order valence-electron chi connectivity index (χ4n) is 4.43. The Balaban J connectivity index is 1.28. The van der Waals surface area contributed by atoms with Crippen molar-refractivity contribution in [3.05, 3.63) is 71.3 Å². The van der Waals surface area contributed by atoms with Gasteiger partial charge in [0.25, 0.3) is 5.91 Å². The third-order valence-corrected chi connectivity index (χ3v) is 6.19. The van der Waals surface area contributed by atoms with Crippen molar-refractivity contribution in [1.29, 1.82) is 0 Å². The SMILES string of the molecule is O=C(CN(Cc1ccccc1)CC1CCCO1)NCc1ccc(C(=O)N2CCCC2)cc1. The largest absolute Gasteiger partial charge is 0.377 e. The molecule has 4 rings (SSSR count). The number of likely N-dealkylation sites (tertiary alicyclic amines) is 1. The van der Waals surface area contributed by atoms with Crippen molar-refractivity contribution in [2.45, 2.75) is 44.9 Å². The van der Waals surface area contributed by atoms with Crippen LogP contribution < -0.4 is 5.32 Å². The third-order valence-electron chi connectivity index (χ3n) is 6.19. The summed E-state index contributed by atoms with van der Waals surface area (Å²) in [5.41, 5.74) is 2.90. The van der Waals surface area contributed by atoms with Crippen LogP contribution in [0.3, 0.4) is 0 Å². The van der Waals surface area contributed by atoms with Crippen molar-refractivity contribution in [3.8, 4) is 0 Å². The Labute approximate surface area is 190 Å². The molecule has 1 atom stereocenters. The topological polar surface area (TPSA) is 61.9 Å². The Kier molecular flexibility index (Phi) is 7.91. The summed E-state index contributed by atoms with van der Waals surface area (Å²) in [7, 11) is 0. The number of carbonyl (C=O) groups excluding carboxylic acids is 2. The molecule has 1 N–H and O–H groups in total. The second-order valence-corrected chi connectivity index (χ2v) is 8.76. The zero-order valence-electron chi connectivity index (χ0n) is 18.7. The Morgan fingerprint density at radius 2 is 1.72 bits per heavy atom. The summed E-state index contributed by atoms with van der Waals surface area (Å²) in [6.07, 6.45) is 4.52. The molecule has 6 heteroatoms. The van der Waals surface area contributed by atoms with E-state index in [2.05, 4.69) is 22.3 Å². The van der Waals surface area contributed by atoms with Crippen molar-refractivity contribution in [3.63, 3.8) is 0 Å². The highest BCUT2D eigenvalue weighted by atomic mass is 16.5. The summed E-state index contributed by atoms with van der Waals surface area (Å²) < 4.78 is 5.79. The van der Waals surface area contributed by atoms with Crippen LogP contribution in [0, 0.1) is 0 Å². The van der Waals surface area contributed by atoms with Crippen molar-refractivity contribution >= 4 is 11.8 Å². The van der Waals surface area contributed by atoms with Gasteiger partial charge in [-0.25, -0.2) is 0 Å². The van der Waals surface area contributed by atoms with Crippen LogP contribution in [0.1, 0.15) is 47.2 Å². The maximum atomic E-state index is 12.7. The second-order valence-electron chi connectivity index (χ2n) is 8.76. The minimum atomic E-state index is -0.00357. The molecule has 2 heterocycles. The van der Waals surface area contributed by atoms with E-state index in [1.54, 1.807) is 0 Å². The van der Waals surface area contributed by atoms with Crippen molar-refractivity contribution in [2.24, 2.45) is 0 Å². The third kappa shape index (κ3) is 6.40. The highest BCUT2D eigenvalue weighted by Crippen LogP contribution is 2.16. The fraction of sp³-hybridized carbons (Fsp3) is 0.462. The van der Waals surface area contributed by atoms with Crippen molar-refractivity contribution in [1.82, 2.24) is 15.1 Å². The highest BCUT2D eigenvalue weighted by molar-refractivity contribution is 5.94. The van der Waals surface area contributed by atoms with E-state index >= 15 is 0 Å². The number of ether oxygens (including phenoxy) is 1. The first-order valence-electron chi connectivity index (χ1n) is 11.7. The molecular weight excluding hydrogens is 402 g/mol. The Morgan fingerprint density at radius 3 is 2.41 bits per heavy atom. The van der Waals surface area contributed by atoms with E-state index < -0.39 is 0 Å². The molecule has 2 aliphatic rings. The second kappa shape index (κ2) is 11.2. The molecule has 170 valence electrons. The summed E-state index contributed by atoms with van der Waals surface area (Å²) in [4.78, 5) is 29.2. The molecule has 1 unspecified atom stereocenters. The van der Waals surface area contributed by atoms with Gasteiger partial charge in [0.15, 0.2) is 0 Å². The van der Waals surface area contributed by atoms with Gasteiger partial charge in [-0.05, 0) is 48.9 Å². The van der Waals surface area contributed by atoms with Gasteiger partial charge in [0.05, 0.1) is 12.6 Å². The van der Waals surface area contributed by atoms with Crippen LogP contribution >= 0.6 is 0 Å².